The van der Waals surface area contributed by atoms with Gasteiger partial charge in [-0.05, 0) is 45.4 Å². The summed E-state index contributed by atoms with van der Waals surface area (Å²) in [4.78, 5) is 30.9. The molecule has 2 aromatic heterocycles. The lowest BCUT2D eigenvalue weighted by Crippen LogP contribution is -2.36. The van der Waals surface area contributed by atoms with Crippen molar-refractivity contribution in [2.45, 2.75) is 45.9 Å². The van der Waals surface area contributed by atoms with E-state index in [1.807, 2.05) is 0 Å². The van der Waals surface area contributed by atoms with Crippen LogP contribution in [0.15, 0.2) is 24.4 Å². The molecule has 0 radical (unpaired) electrons. The molecule has 1 atom stereocenters. The Morgan fingerprint density at radius 2 is 2.00 bits per heavy atom. The fraction of sp³-hybridized carbons (Fsp3) is 0.417. The Balaban J connectivity index is 1.68. The summed E-state index contributed by atoms with van der Waals surface area (Å²) in [6.07, 6.45) is 0.707. The molecule has 0 bridgehead atoms. The Kier molecular flexibility index (Phi) is 8.44. The minimum absolute atomic E-state index is 0.0213. The Bertz CT molecular complexity index is 1290. The molecule has 0 aliphatic carbocycles. The quantitative estimate of drug-likeness (QED) is 0.328. The number of benzene rings is 1. The highest BCUT2D eigenvalue weighted by Crippen LogP contribution is 2.27. The van der Waals surface area contributed by atoms with Crippen LogP contribution in [-0.4, -0.2) is 59.0 Å². The molecule has 0 spiro atoms. The lowest BCUT2D eigenvalue weighted by molar-refractivity contribution is 0.0587. The van der Waals surface area contributed by atoms with Gasteiger partial charge in [0.25, 0.3) is 5.91 Å². The Morgan fingerprint density at radius 1 is 1.30 bits per heavy atom. The summed E-state index contributed by atoms with van der Waals surface area (Å²) < 4.78 is 31.3. The number of methoxy groups -OCH3 is 1. The monoisotopic (exact) mass is 536 g/mol. The molecule has 0 fully saturated rings. The fourth-order valence-electron chi connectivity index (χ4n) is 3.41. The number of carbonyl (C=O) groups excluding carboxylic acids is 2. The SMILES string of the molecule is COc1c(N)cc(COC[C@@H](C)NC(=O)c2cnn3c(N(C)C(=O)OC(C)(C)C)cc(Cl)nc23)cc1F. The first-order valence-electron chi connectivity index (χ1n) is 11.3. The van der Waals surface area contributed by atoms with Crippen LogP contribution in [-0.2, 0) is 16.1 Å². The second kappa shape index (κ2) is 11.2. The van der Waals surface area contributed by atoms with Crippen molar-refractivity contribution in [2.75, 3.05) is 31.4 Å². The van der Waals surface area contributed by atoms with Gasteiger partial charge < -0.3 is 25.3 Å². The topological polar surface area (TPSA) is 133 Å². The molecule has 0 aliphatic rings. The van der Waals surface area contributed by atoms with Gasteiger partial charge in [-0.25, -0.2) is 14.2 Å². The van der Waals surface area contributed by atoms with Crippen molar-refractivity contribution in [1.82, 2.24) is 19.9 Å². The third-order valence-corrected chi connectivity index (χ3v) is 5.22. The molecule has 0 aliphatic heterocycles. The minimum Gasteiger partial charge on any atom is -0.492 e. The molecule has 0 saturated carbocycles. The van der Waals surface area contributed by atoms with Crippen molar-refractivity contribution in [3.8, 4) is 5.75 Å². The normalized spacial score (nSPS) is 12.3. The summed E-state index contributed by atoms with van der Waals surface area (Å²) in [6, 6.07) is 3.87. The fourth-order valence-corrected chi connectivity index (χ4v) is 3.59. The van der Waals surface area contributed by atoms with Gasteiger partial charge in [0.1, 0.15) is 22.1 Å². The summed E-state index contributed by atoms with van der Waals surface area (Å²) in [7, 11) is 2.84. The van der Waals surface area contributed by atoms with E-state index in [2.05, 4.69) is 15.4 Å². The lowest BCUT2D eigenvalue weighted by Gasteiger charge is -2.24. The van der Waals surface area contributed by atoms with Crippen molar-refractivity contribution in [1.29, 1.82) is 0 Å². The number of carbonyl (C=O) groups is 2. The van der Waals surface area contributed by atoms with Crippen LogP contribution in [0.5, 0.6) is 5.75 Å². The van der Waals surface area contributed by atoms with E-state index in [1.165, 1.54) is 41.9 Å². The van der Waals surface area contributed by atoms with Gasteiger partial charge in [-0.2, -0.15) is 9.61 Å². The Morgan fingerprint density at radius 3 is 2.62 bits per heavy atom. The maximum atomic E-state index is 14.0. The third kappa shape index (κ3) is 6.77. The number of anilines is 2. The van der Waals surface area contributed by atoms with Crippen molar-refractivity contribution in [3.63, 3.8) is 0 Å². The first kappa shape index (κ1) is 27.9. The van der Waals surface area contributed by atoms with E-state index in [-0.39, 0.29) is 46.8 Å². The van der Waals surface area contributed by atoms with Crippen LogP contribution in [0.4, 0.5) is 20.7 Å². The first-order chi connectivity index (χ1) is 17.3. The third-order valence-electron chi connectivity index (χ3n) is 5.03. The van der Waals surface area contributed by atoms with Gasteiger partial charge in [0, 0.05) is 19.2 Å². The van der Waals surface area contributed by atoms with E-state index in [0.717, 1.165) is 0 Å². The number of nitrogen functional groups attached to an aromatic ring is 1. The Hall–Kier alpha value is -3.64. The molecule has 13 heteroatoms. The highest BCUT2D eigenvalue weighted by molar-refractivity contribution is 6.30. The highest BCUT2D eigenvalue weighted by atomic mass is 35.5. The van der Waals surface area contributed by atoms with E-state index in [0.29, 0.717) is 5.56 Å². The largest absolute Gasteiger partial charge is 0.492 e. The van der Waals surface area contributed by atoms with E-state index in [9.17, 15) is 14.0 Å². The predicted octanol–water partition coefficient (Wildman–Crippen LogP) is 3.82. The van der Waals surface area contributed by atoms with Crippen molar-refractivity contribution >= 4 is 40.8 Å². The molecule has 3 aromatic rings. The smallest absolute Gasteiger partial charge is 0.415 e. The number of hydrogen-bond acceptors (Lipinski definition) is 8. The van der Waals surface area contributed by atoms with Gasteiger partial charge in [0.05, 0.1) is 32.2 Å². The van der Waals surface area contributed by atoms with Crippen LogP contribution in [0.3, 0.4) is 0 Å². The molecule has 0 saturated heterocycles. The van der Waals surface area contributed by atoms with E-state index in [4.69, 9.17) is 31.5 Å². The van der Waals surface area contributed by atoms with E-state index >= 15 is 0 Å². The van der Waals surface area contributed by atoms with Crippen LogP contribution in [0.1, 0.15) is 43.6 Å². The predicted molar refractivity (Wildman–Crippen MR) is 137 cm³/mol. The number of ether oxygens (including phenoxy) is 3. The van der Waals surface area contributed by atoms with Gasteiger partial charge in [-0.15, -0.1) is 0 Å². The van der Waals surface area contributed by atoms with Crippen LogP contribution < -0.4 is 20.7 Å². The zero-order valence-corrected chi connectivity index (χ0v) is 22.2. The van der Waals surface area contributed by atoms with E-state index in [1.54, 1.807) is 33.8 Å². The lowest BCUT2D eigenvalue weighted by atomic mass is 10.2. The second-order valence-electron chi connectivity index (χ2n) is 9.36. The van der Waals surface area contributed by atoms with Gasteiger partial charge >= 0.3 is 6.09 Å². The number of halogens is 2. The number of hydrogen-bond donors (Lipinski definition) is 2. The number of amides is 2. The summed E-state index contributed by atoms with van der Waals surface area (Å²) in [6.45, 7) is 7.22. The molecule has 0 unspecified atom stereocenters. The van der Waals surface area contributed by atoms with E-state index < -0.39 is 29.5 Å². The number of nitrogens with two attached hydrogens (primary N) is 1. The van der Waals surface area contributed by atoms with Crippen LogP contribution in [0, 0.1) is 5.82 Å². The van der Waals surface area contributed by atoms with Crippen LogP contribution in [0.2, 0.25) is 5.15 Å². The number of fused-ring (bicyclic) bond motifs is 1. The van der Waals surface area contributed by atoms with Crippen LogP contribution >= 0.6 is 11.6 Å². The second-order valence-corrected chi connectivity index (χ2v) is 9.75. The number of nitrogens with zero attached hydrogens (tertiary/aromatic N) is 4. The molecule has 3 rings (SSSR count). The number of aromatic nitrogens is 3. The first-order valence-corrected chi connectivity index (χ1v) is 11.7. The van der Waals surface area contributed by atoms with Gasteiger partial charge in [-0.1, -0.05) is 11.6 Å². The highest BCUT2D eigenvalue weighted by Gasteiger charge is 2.25. The van der Waals surface area contributed by atoms with Crippen molar-refractivity contribution in [2.24, 2.45) is 0 Å². The summed E-state index contributed by atoms with van der Waals surface area (Å²) in [5, 5.41) is 7.08. The molecule has 2 heterocycles. The molecule has 3 N–H and O–H groups in total. The van der Waals surface area contributed by atoms with Gasteiger partial charge in [0.2, 0.25) is 0 Å². The average Bonchev–Trinajstić information content (AvgIpc) is 3.20. The summed E-state index contributed by atoms with van der Waals surface area (Å²) in [5.41, 5.74) is 6.08. The molecule has 37 heavy (non-hydrogen) atoms. The average molecular weight is 537 g/mol. The van der Waals surface area contributed by atoms with Crippen LogP contribution in [0.25, 0.3) is 5.65 Å². The maximum Gasteiger partial charge on any atom is 0.415 e. The molecular formula is C24H30ClFN6O5. The zero-order valence-electron chi connectivity index (χ0n) is 21.5. The Labute approximate surface area is 218 Å². The number of nitrogens with one attached hydrogen (secondary N) is 1. The maximum absolute atomic E-state index is 14.0. The summed E-state index contributed by atoms with van der Waals surface area (Å²) >= 11 is 6.19. The molecule has 1 aromatic carbocycles. The molecule has 11 nitrogen and oxygen atoms in total. The zero-order chi connectivity index (χ0) is 27.5. The minimum atomic E-state index is -0.706. The standard InChI is InChI=1S/C24H30ClFN6O5/c1-13(11-36-12-14-7-16(26)20(35-6)17(27)8-14)29-22(33)15-10-28-32-19(9-18(25)30-21(15)32)31(5)23(34)37-24(2,3)4/h7-10,13H,11-12,27H2,1-6H3,(H,29,33)/t13-/m1/s1. The van der Waals surface area contributed by atoms with Crippen molar-refractivity contribution < 1.29 is 28.2 Å². The summed E-state index contributed by atoms with van der Waals surface area (Å²) in [5.74, 6) is -0.803. The molecule has 200 valence electrons. The van der Waals surface area contributed by atoms with Gasteiger partial charge in [0.15, 0.2) is 17.2 Å². The number of rotatable bonds is 8. The van der Waals surface area contributed by atoms with Crippen molar-refractivity contribution in [3.05, 3.63) is 46.5 Å². The molecular weight excluding hydrogens is 507 g/mol. The van der Waals surface area contributed by atoms with Gasteiger partial charge in [-0.3, -0.25) is 9.69 Å². The molecule has 2 amide bonds.